The summed E-state index contributed by atoms with van der Waals surface area (Å²) in [5.41, 5.74) is 2.14. The average Bonchev–Trinajstić information content (AvgIpc) is 2.54. The van der Waals surface area contributed by atoms with Gasteiger partial charge in [-0.1, -0.05) is 24.3 Å². The lowest BCUT2D eigenvalue weighted by Crippen LogP contribution is -2.13. The minimum atomic E-state index is -1.07. The molecule has 0 saturated heterocycles. The Morgan fingerprint density at radius 3 is 2.52 bits per heavy atom. The minimum Gasteiger partial charge on any atom is -0.496 e. The second-order valence-electron chi connectivity index (χ2n) is 4.88. The highest BCUT2D eigenvalue weighted by Crippen LogP contribution is 2.25. The third-order valence-electron chi connectivity index (χ3n) is 3.53. The molecule has 21 heavy (non-hydrogen) atoms. The summed E-state index contributed by atoms with van der Waals surface area (Å²) in [6, 6.07) is 15.8. The van der Waals surface area contributed by atoms with Gasteiger partial charge in [0.1, 0.15) is 5.75 Å². The number of hydrogen-bond acceptors (Lipinski definition) is 3. The lowest BCUT2D eigenvalue weighted by atomic mass is 10.1. The van der Waals surface area contributed by atoms with Crippen molar-refractivity contribution < 1.29 is 8.95 Å². The fourth-order valence-electron chi connectivity index (χ4n) is 2.14. The molecule has 0 aliphatic heterocycles. The van der Waals surface area contributed by atoms with Crippen molar-refractivity contribution >= 4 is 10.8 Å². The molecular weight excluding hydrogens is 282 g/mol. The summed E-state index contributed by atoms with van der Waals surface area (Å²) in [5.74, 6) is 1.24. The van der Waals surface area contributed by atoms with Crippen LogP contribution in [0.3, 0.4) is 0 Å². The SMILES string of the molecule is CNC(C)c1ccc(OC)c(CS(=O)c2ccccc2)c1. The highest BCUT2D eigenvalue weighted by Gasteiger charge is 2.12. The van der Waals surface area contributed by atoms with Crippen molar-refractivity contribution in [2.75, 3.05) is 14.2 Å². The number of ether oxygens (including phenoxy) is 1. The molecule has 0 radical (unpaired) electrons. The first-order valence-corrected chi connectivity index (χ1v) is 8.25. The molecule has 0 aliphatic carbocycles. The van der Waals surface area contributed by atoms with E-state index in [1.165, 1.54) is 5.56 Å². The van der Waals surface area contributed by atoms with Crippen molar-refractivity contribution in [3.8, 4) is 5.75 Å². The quantitative estimate of drug-likeness (QED) is 0.890. The van der Waals surface area contributed by atoms with Crippen molar-refractivity contribution in [3.63, 3.8) is 0 Å². The lowest BCUT2D eigenvalue weighted by molar-refractivity contribution is 0.411. The first kappa shape index (κ1) is 15.7. The number of hydrogen-bond donors (Lipinski definition) is 1. The van der Waals surface area contributed by atoms with Gasteiger partial charge >= 0.3 is 0 Å². The Balaban J connectivity index is 2.27. The maximum absolute atomic E-state index is 12.5. The third kappa shape index (κ3) is 3.93. The van der Waals surface area contributed by atoms with Crippen LogP contribution in [0.25, 0.3) is 0 Å². The molecule has 2 aromatic carbocycles. The predicted octanol–water partition coefficient (Wildman–Crippen LogP) is 3.28. The van der Waals surface area contributed by atoms with Gasteiger partial charge in [0.05, 0.1) is 23.7 Å². The Hall–Kier alpha value is -1.65. The van der Waals surface area contributed by atoms with Crippen LogP contribution < -0.4 is 10.1 Å². The Kier molecular flexibility index (Phi) is 5.53. The van der Waals surface area contributed by atoms with Crippen LogP contribution >= 0.6 is 0 Å². The van der Waals surface area contributed by atoms with Gasteiger partial charge in [-0.05, 0) is 43.8 Å². The third-order valence-corrected chi connectivity index (χ3v) is 4.90. The predicted molar refractivity (Wildman–Crippen MR) is 87.0 cm³/mol. The van der Waals surface area contributed by atoms with E-state index in [-0.39, 0.29) is 6.04 Å². The minimum absolute atomic E-state index is 0.250. The zero-order chi connectivity index (χ0) is 15.2. The van der Waals surface area contributed by atoms with E-state index in [0.29, 0.717) is 5.75 Å². The molecular formula is C17H21NO2S. The Morgan fingerprint density at radius 2 is 1.90 bits per heavy atom. The second-order valence-corrected chi connectivity index (χ2v) is 6.34. The molecule has 0 saturated carbocycles. The largest absolute Gasteiger partial charge is 0.496 e. The highest BCUT2D eigenvalue weighted by molar-refractivity contribution is 7.84. The summed E-state index contributed by atoms with van der Waals surface area (Å²) in [5, 5.41) is 3.21. The van der Waals surface area contributed by atoms with Crippen LogP contribution in [0, 0.1) is 0 Å². The van der Waals surface area contributed by atoms with Crippen molar-refractivity contribution in [3.05, 3.63) is 59.7 Å². The normalized spacial score (nSPS) is 13.7. The molecule has 2 aromatic rings. The molecule has 0 bridgehead atoms. The number of rotatable bonds is 6. The van der Waals surface area contributed by atoms with Crippen molar-refractivity contribution in [1.29, 1.82) is 0 Å². The molecule has 112 valence electrons. The monoisotopic (exact) mass is 303 g/mol. The van der Waals surface area contributed by atoms with E-state index < -0.39 is 10.8 Å². The van der Waals surface area contributed by atoms with Crippen LogP contribution in [0.15, 0.2) is 53.4 Å². The second kappa shape index (κ2) is 7.38. The summed E-state index contributed by atoms with van der Waals surface area (Å²) in [4.78, 5) is 0.839. The van der Waals surface area contributed by atoms with Gasteiger partial charge in [0.25, 0.3) is 0 Å². The van der Waals surface area contributed by atoms with E-state index in [0.717, 1.165) is 16.2 Å². The molecule has 0 aromatic heterocycles. The molecule has 2 unspecified atom stereocenters. The van der Waals surface area contributed by atoms with Gasteiger partial charge in [-0.2, -0.15) is 0 Å². The molecule has 1 N–H and O–H groups in total. The summed E-state index contributed by atoms with van der Waals surface area (Å²) in [7, 11) is 2.50. The van der Waals surface area contributed by atoms with Gasteiger partial charge in [0, 0.05) is 16.5 Å². The van der Waals surface area contributed by atoms with E-state index in [1.807, 2.05) is 49.5 Å². The van der Waals surface area contributed by atoms with Gasteiger partial charge in [0.2, 0.25) is 0 Å². The molecule has 2 atom stereocenters. The summed E-state index contributed by atoms with van der Waals surface area (Å²) in [6.07, 6.45) is 0. The van der Waals surface area contributed by atoms with Gasteiger partial charge in [0.15, 0.2) is 0 Å². The van der Waals surface area contributed by atoms with Crippen molar-refractivity contribution in [2.24, 2.45) is 0 Å². The first-order chi connectivity index (χ1) is 10.2. The topological polar surface area (TPSA) is 38.3 Å². The van der Waals surface area contributed by atoms with Crippen LogP contribution in [0.4, 0.5) is 0 Å². The standard InChI is InChI=1S/C17H21NO2S/c1-13(18-2)14-9-10-17(20-3)15(11-14)12-21(19)16-7-5-4-6-8-16/h4-11,13,18H,12H2,1-3H3. The zero-order valence-corrected chi connectivity index (χ0v) is 13.4. The van der Waals surface area contributed by atoms with Crippen LogP contribution in [0.2, 0.25) is 0 Å². The van der Waals surface area contributed by atoms with Gasteiger partial charge in [-0.25, -0.2) is 0 Å². The Bertz CT molecular complexity index is 613. The Labute approximate surface area is 128 Å². The maximum Gasteiger partial charge on any atom is 0.123 e. The number of nitrogens with one attached hydrogen (secondary N) is 1. The van der Waals surface area contributed by atoms with Crippen LogP contribution in [0.5, 0.6) is 5.75 Å². The zero-order valence-electron chi connectivity index (χ0n) is 12.6. The fraction of sp³-hybridized carbons (Fsp3) is 0.294. The molecule has 2 rings (SSSR count). The number of benzene rings is 2. The van der Waals surface area contributed by atoms with Crippen molar-refractivity contribution in [1.82, 2.24) is 5.32 Å². The van der Waals surface area contributed by atoms with Gasteiger partial charge < -0.3 is 10.1 Å². The highest BCUT2D eigenvalue weighted by atomic mass is 32.2. The molecule has 0 fully saturated rings. The van der Waals surface area contributed by atoms with E-state index in [1.54, 1.807) is 7.11 Å². The van der Waals surface area contributed by atoms with E-state index in [9.17, 15) is 4.21 Å². The lowest BCUT2D eigenvalue weighted by Gasteiger charge is -2.15. The van der Waals surface area contributed by atoms with E-state index in [4.69, 9.17) is 4.74 Å². The smallest absolute Gasteiger partial charge is 0.123 e. The molecule has 0 amide bonds. The first-order valence-electron chi connectivity index (χ1n) is 6.93. The Morgan fingerprint density at radius 1 is 1.19 bits per heavy atom. The van der Waals surface area contributed by atoms with Crippen LogP contribution in [0.1, 0.15) is 24.1 Å². The van der Waals surface area contributed by atoms with Gasteiger partial charge in [-0.15, -0.1) is 0 Å². The maximum atomic E-state index is 12.5. The van der Waals surface area contributed by atoms with Crippen LogP contribution in [-0.2, 0) is 16.6 Å². The fourth-order valence-corrected chi connectivity index (χ4v) is 3.28. The molecule has 3 nitrogen and oxygen atoms in total. The number of methoxy groups -OCH3 is 1. The molecule has 0 heterocycles. The van der Waals surface area contributed by atoms with E-state index in [2.05, 4.69) is 18.3 Å². The average molecular weight is 303 g/mol. The van der Waals surface area contributed by atoms with Crippen LogP contribution in [-0.4, -0.2) is 18.4 Å². The van der Waals surface area contributed by atoms with Gasteiger partial charge in [-0.3, -0.25) is 4.21 Å². The summed E-state index contributed by atoms with van der Waals surface area (Å²) < 4.78 is 17.9. The molecule has 0 aliphatic rings. The molecule has 0 spiro atoms. The summed E-state index contributed by atoms with van der Waals surface area (Å²) >= 11 is 0. The summed E-state index contributed by atoms with van der Waals surface area (Å²) in [6.45, 7) is 2.10. The van der Waals surface area contributed by atoms with Crippen molar-refractivity contribution in [2.45, 2.75) is 23.6 Å². The molecule has 4 heteroatoms. The van der Waals surface area contributed by atoms with E-state index >= 15 is 0 Å².